The molecule has 16 heavy (non-hydrogen) atoms. The van der Waals surface area contributed by atoms with Crippen molar-refractivity contribution < 1.29 is 19.0 Å². The van der Waals surface area contributed by atoms with Crippen LogP contribution in [0.4, 0.5) is 4.79 Å². The molecule has 1 saturated heterocycles. The standard InChI is InChI=1S/C10H18N2O4/c1-10(2,3)16-9(14)12(15)5-4-7(11)6-8(12)13/h7H,4-6,11H2,1-3H3. The number of quaternary nitrogens is 1. The van der Waals surface area contributed by atoms with E-state index in [9.17, 15) is 14.8 Å². The van der Waals surface area contributed by atoms with Crippen LogP contribution in [0.1, 0.15) is 33.6 Å². The lowest BCUT2D eigenvalue weighted by Crippen LogP contribution is -2.59. The Balaban J connectivity index is 2.77. The van der Waals surface area contributed by atoms with Crippen molar-refractivity contribution >= 4 is 12.0 Å². The van der Waals surface area contributed by atoms with Crippen LogP contribution < -0.4 is 5.73 Å². The number of amides is 2. The maximum atomic E-state index is 12.0. The predicted octanol–water partition coefficient (Wildman–Crippen LogP) is 0.884. The molecule has 0 bridgehead atoms. The van der Waals surface area contributed by atoms with Gasteiger partial charge in [-0.15, -0.1) is 0 Å². The third-order valence-corrected chi connectivity index (χ3v) is 2.34. The molecule has 2 atom stereocenters. The van der Waals surface area contributed by atoms with Gasteiger partial charge >= 0.3 is 12.0 Å². The van der Waals surface area contributed by atoms with E-state index < -0.39 is 22.2 Å². The highest BCUT2D eigenvalue weighted by molar-refractivity contribution is 5.82. The van der Waals surface area contributed by atoms with Gasteiger partial charge in [-0.05, 0) is 20.8 Å². The Labute approximate surface area is 94.5 Å². The molecule has 0 saturated carbocycles. The van der Waals surface area contributed by atoms with E-state index in [4.69, 9.17) is 10.5 Å². The molecular formula is C10H18N2O4. The Bertz CT molecular complexity index is 310. The van der Waals surface area contributed by atoms with Gasteiger partial charge in [-0.1, -0.05) is 0 Å². The Morgan fingerprint density at radius 2 is 2.12 bits per heavy atom. The van der Waals surface area contributed by atoms with E-state index in [1.165, 1.54) is 0 Å². The molecule has 0 aliphatic carbocycles. The number of hydroxylamine groups is 3. The minimum atomic E-state index is -1.54. The lowest BCUT2D eigenvalue weighted by Gasteiger charge is -2.40. The molecule has 2 amide bonds. The van der Waals surface area contributed by atoms with Crippen LogP contribution >= 0.6 is 0 Å². The first kappa shape index (κ1) is 13.1. The summed E-state index contributed by atoms with van der Waals surface area (Å²) in [7, 11) is 0. The molecule has 0 radical (unpaired) electrons. The SMILES string of the molecule is CC(C)(C)OC(=O)[N+]1([O-])CCC(N)CC1=O. The number of imide groups is 1. The van der Waals surface area contributed by atoms with Crippen LogP contribution in [0.15, 0.2) is 0 Å². The molecular weight excluding hydrogens is 212 g/mol. The molecule has 2 unspecified atom stereocenters. The number of rotatable bonds is 0. The topological polar surface area (TPSA) is 92.4 Å². The fourth-order valence-electron chi connectivity index (χ4n) is 1.47. The van der Waals surface area contributed by atoms with Gasteiger partial charge in [0.1, 0.15) is 5.60 Å². The van der Waals surface area contributed by atoms with Gasteiger partial charge in [0.25, 0.3) is 0 Å². The number of carbonyl (C=O) groups is 2. The fourth-order valence-corrected chi connectivity index (χ4v) is 1.47. The van der Waals surface area contributed by atoms with Crippen LogP contribution in [-0.2, 0) is 9.53 Å². The van der Waals surface area contributed by atoms with Crippen LogP contribution in [0.25, 0.3) is 0 Å². The highest BCUT2D eigenvalue weighted by Gasteiger charge is 2.43. The number of hydrogen-bond donors (Lipinski definition) is 1. The summed E-state index contributed by atoms with van der Waals surface area (Å²) in [5, 5.41) is 12.0. The van der Waals surface area contributed by atoms with E-state index >= 15 is 0 Å². The number of ether oxygens (including phenoxy) is 1. The largest absolute Gasteiger partial charge is 0.615 e. The Morgan fingerprint density at radius 3 is 2.56 bits per heavy atom. The summed E-state index contributed by atoms with van der Waals surface area (Å²) in [6.07, 6.45) is -0.749. The highest BCUT2D eigenvalue weighted by Crippen LogP contribution is 2.22. The Kier molecular flexibility index (Phi) is 3.37. The van der Waals surface area contributed by atoms with Crippen LogP contribution in [-0.4, -0.2) is 34.8 Å². The van der Waals surface area contributed by atoms with Crippen LogP contribution in [0, 0.1) is 5.21 Å². The summed E-state index contributed by atoms with van der Waals surface area (Å²) in [6.45, 7) is 4.82. The van der Waals surface area contributed by atoms with Crippen molar-refractivity contribution in [1.82, 2.24) is 0 Å². The lowest BCUT2D eigenvalue weighted by molar-refractivity contribution is -0.735. The van der Waals surface area contributed by atoms with E-state index in [2.05, 4.69) is 0 Å². The first-order chi connectivity index (χ1) is 7.15. The van der Waals surface area contributed by atoms with Gasteiger partial charge in [0.05, 0.1) is 13.0 Å². The van der Waals surface area contributed by atoms with Crippen molar-refractivity contribution in [2.45, 2.75) is 45.3 Å². The summed E-state index contributed by atoms with van der Waals surface area (Å²) in [5.74, 6) is -0.715. The van der Waals surface area contributed by atoms with Crippen LogP contribution in [0.2, 0.25) is 0 Å². The van der Waals surface area contributed by atoms with Crippen molar-refractivity contribution in [3.8, 4) is 0 Å². The van der Waals surface area contributed by atoms with E-state index in [0.29, 0.717) is 6.42 Å². The average Bonchev–Trinajstić information content (AvgIpc) is 2.09. The molecule has 6 heteroatoms. The van der Waals surface area contributed by atoms with Crippen molar-refractivity contribution in [1.29, 1.82) is 0 Å². The third-order valence-electron chi connectivity index (χ3n) is 2.34. The Morgan fingerprint density at radius 1 is 1.56 bits per heavy atom. The highest BCUT2D eigenvalue weighted by atomic mass is 16.7. The van der Waals surface area contributed by atoms with Gasteiger partial charge in [-0.2, -0.15) is 9.44 Å². The van der Waals surface area contributed by atoms with Gasteiger partial charge in [-0.25, -0.2) is 4.79 Å². The molecule has 0 spiro atoms. The number of nitrogens with zero attached hydrogens (tertiary/aromatic N) is 1. The first-order valence-corrected chi connectivity index (χ1v) is 5.27. The number of hydrogen-bond acceptors (Lipinski definition) is 5. The van der Waals surface area contributed by atoms with Crippen LogP contribution in [0.5, 0.6) is 0 Å². The molecule has 1 aliphatic rings. The average molecular weight is 230 g/mol. The zero-order valence-electron chi connectivity index (χ0n) is 9.86. The second kappa shape index (κ2) is 4.12. The summed E-state index contributed by atoms with van der Waals surface area (Å²) in [6, 6.07) is -0.324. The van der Waals surface area contributed by atoms with E-state index in [0.717, 1.165) is 0 Å². The van der Waals surface area contributed by atoms with Crippen molar-refractivity contribution in [2.24, 2.45) is 5.73 Å². The molecule has 92 valence electrons. The number of nitrogens with two attached hydrogens (primary N) is 1. The molecule has 1 fully saturated rings. The summed E-state index contributed by atoms with van der Waals surface area (Å²) < 4.78 is 3.41. The lowest BCUT2D eigenvalue weighted by atomic mass is 10.1. The van der Waals surface area contributed by atoms with Crippen LogP contribution in [0.3, 0.4) is 0 Å². The van der Waals surface area contributed by atoms with Crippen molar-refractivity contribution in [3.63, 3.8) is 0 Å². The van der Waals surface area contributed by atoms with E-state index in [-0.39, 0.29) is 19.0 Å². The minimum absolute atomic E-state index is 0.0667. The zero-order chi connectivity index (χ0) is 12.6. The van der Waals surface area contributed by atoms with Gasteiger partial charge < -0.3 is 15.7 Å². The van der Waals surface area contributed by atoms with Gasteiger partial charge in [0.15, 0.2) is 0 Å². The summed E-state index contributed by atoms with van der Waals surface area (Å²) >= 11 is 0. The first-order valence-electron chi connectivity index (χ1n) is 5.27. The smallest absolute Gasteiger partial charge is 0.524 e. The fraction of sp³-hybridized carbons (Fsp3) is 0.800. The minimum Gasteiger partial charge on any atom is -0.615 e. The van der Waals surface area contributed by atoms with Crippen molar-refractivity contribution in [3.05, 3.63) is 5.21 Å². The molecule has 1 aliphatic heterocycles. The summed E-state index contributed by atoms with van der Waals surface area (Å²) in [4.78, 5) is 23.2. The maximum absolute atomic E-state index is 12.0. The molecule has 2 N–H and O–H groups in total. The summed E-state index contributed by atoms with van der Waals surface area (Å²) in [5.41, 5.74) is 4.78. The van der Waals surface area contributed by atoms with E-state index in [1.54, 1.807) is 20.8 Å². The van der Waals surface area contributed by atoms with Crippen molar-refractivity contribution in [2.75, 3.05) is 6.54 Å². The monoisotopic (exact) mass is 230 g/mol. The molecule has 0 aromatic rings. The third kappa shape index (κ3) is 2.78. The number of carbonyl (C=O) groups excluding carboxylic acids is 2. The second-order valence-electron chi connectivity index (χ2n) is 5.09. The quantitative estimate of drug-likeness (QED) is 0.492. The molecule has 0 aromatic carbocycles. The van der Waals surface area contributed by atoms with Gasteiger partial charge in [0.2, 0.25) is 0 Å². The predicted molar refractivity (Wildman–Crippen MR) is 56.9 cm³/mol. The molecule has 1 heterocycles. The normalized spacial score (nSPS) is 31.3. The maximum Gasteiger partial charge on any atom is 0.524 e. The molecule has 0 aromatic heterocycles. The molecule has 1 rings (SSSR count). The molecule has 6 nitrogen and oxygen atoms in total. The number of likely N-dealkylation sites (tertiary alicyclic amines) is 1. The Hall–Kier alpha value is -0.980. The van der Waals surface area contributed by atoms with E-state index in [1.807, 2.05) is 0 Å². The second-order valence-corrected chi connectivity index (χ2v) is 5.09. The van der Waals surface area contributed by atoms with Gasteiger partial charge in [-0.3, -0.25) is 0 Å². The number of piperidine rings is 1. The zero-order valence-corrected chi connectivity index (χ0v) is 9.86. The van der Waals surface area contributed by atoms with Gasteiger partial charge in [0, 0.05) is 12.5 Å².